The third-order valence-electron chi connectivity index (χ3n) is 3.82. The van der Waals surface area contributed by atoms with E-state index in [4.69, 9.17) is 9.84 Å². The van der Waals surface area contributed by atoms with Gasteiger partial charge in [0.2, 0.25) is 5.91 Å². The summed E-state index contributed by atoms with van der Waals surface area (Å²) in [5.41, 5.74) is -0.763. The third-order valence-corrected chi connectivity index (χ3v) is 5.72. The average molecular weight is 320 g/mol. The highest BCUT2D eigenvalue weighted by Gasteiger charge is 2.40. The summed E-state index contributed by atoms with van der Waals surface area (Å²) in [6, 6.07) is -0.843. The lowest BCUT2D eigenvalue weighted by Gasteiger charge is -2.33. The molecular weight excluding hydrogens is 300 g/mol. The van der Waals surface area contributed by atoms with Crippen LogP contribution >= 0.6 is 0 Å². The van der Waals surface area contributed by atoms with Crippen LogP contribution in [0.3, 0.4) is 0 Å². The van der Waals surface area contributed by atoms with E-state index in [-0.39, 0.29) is 30.6 Å². The topological polar surface area (TPSA) is 113 Å². The number of carboxylic acid groups (broad SMARTS) is 1. The molecule has 0 aromatic rings. The minimum Gasteiger partial charge on any atom is -0.480 e. The molecule has 2 fully saturated rings. The van der Waals surface area contributed by atoms with Crippen LogP contribution in [0, 0.1) is 0 Å². The summed E-state index contributed by atoms with van der Waals surface area (Å²) >= 11 is 0. The fraction of sp³-hybridized carbons (Fsp3) is 0.833. The van der Waals surface area contributed by atoms with Crippen molar-refractivity contribution in [3.05, 3.63) is 0 Å². The minimum atomic E-state index is -3.10. The molecule has 2 unspecified atom stereocenters. The summed E-state index contributed by atoms with van der Waals surface area (Å²) in [6.07, 6.45) is 0.381. The Labute approximate surface area is 123 Å². The van der Waals surface area contributed by atoms with Crippen LogP contribution in [0.25, 0.3) is 0 Å². The molecule has 2 heterocycles. The van der Waals surface area contributed by atoms with Gasteiger partial charge in [0.1, 0.15) is 6.04 Å². The number of sulfone groups is 1. The summed E-state index contributed by atoms with van der Waals surface area (Å²) in [5, 5.41) is 11.8. The lowest BCUT2D eigenvalue weighted by Crippen LogP contribution is -2.56. The zero-order valence-corrected chi connectivity index (χ0v) is 12.7. The molecule has 21 heavy (non-hydrogen) atoms. The number of carbonyl (C=O) groups excluding carboxylic acids is 1. The molecule has 1 amide bonds. The fourth-order valence-electron chi connectivity index (χ4n) is 2.72. The maximum Gasteiger partial charge on any atom is 0.323 e. The van der Waals surface area contributed by atoms with Crippen molar-refractivity contribution in [2.24, 2.45) is 0 Å². The van der Waals surface area contributed by atoms with Crippen LogP contribution in [0.2, 0.25) is 0 Å². The molecule has 2 aliphatic rings. The van der Waals surface area contributed by atoms with Crippen LogP contribution < -0.4 is 5.32 Å². The summed E-state index contributed by atoms with van der Waals surface area (Å²) in [4.78, 5) is 24.7. The summed E-state index contributed by atoms with van der Waals surface area (Å²) in [7, 11) is -3.10. The number of aliphatic carboxylic acids is 1. The molecule has 9 heteroatoms. The minimum absolute atomic E-state index is 0.0499. The van der Waals surface area contributed by atoms with E-state index in [1.807, 2.05) is 0 Å². The average Bonchev–Trinajstić information content (AvgIpc) is 2.63. The van der Waals surface area contributed by atoms with Gasteiger partial charge in [0, 0.05) is 6.54 Å². The Morgan fingerprint density at radius 1 is 1.48 bits per heavy atom. The van der Waals surface area contributed by atoms with E-state index in [1.165, 1.54) is 4.90 Å². The second-order valence-corrected chi connectivity index (χ2v) is 8.03. The van der Waals surface area contributed by atoms with Gasteiger partial charge in [-0.3, -0.25) is 14.5 Å². The third kappa shape index (κ3) is 4.14. The normalized spacial score (nSPS) is 32.7. The number of nitrogens with zero attached hydrogens (tertiary/aromatic N) is 1. The van der Waals surface area contributed by atoms with E-state index in [2.05, 4.69) is 5.32 Å². The second kappa shape index (κ2) is 5.90. The Kier molecular flexibility index (Phi) is 4.54. The predicted octanol–water partition coefficient (Wildman–Crippen LogP) is -1.53. The molecule has 0 spiro atoms. The quantitative estimate of drug-likeness (QED) is 0.646. The smallest absolute Gasteiger partial charge is 0.323 e. The van der Waals surface area contributed by atoms with Gasteiger partial charge in [-0.1, -0.05) is 0 Å². The van der Waals surface area contributed by atoms with Gasteiger partial charge in [0.15, 0.2) is 9.84 Å². The Bertz CT molecular complexity index is 534. The highest BCUT2D eigenvalue weighted by Crippen LogP contribution is 2.22. The Morgan fingerprint density at radius 2 is 2.19 bits per heavy atom. The van der Waals surface area contributed by atoms with Crippen molar-refractivity contribution in [1.82, 2.24) is 10.2 Å². The van der Waals surface area contributed by atoms with E-state index < -0.39 is 27.4 Å². The molecule has 0 saturated carbocycles. The van der Waals surface area contributed by atoms with E-state index in [0.29, 0.717) is 19.6 Å². The number of hydrogen-bond donors (Lipinski definition) is 2. The van der Waals surface area contributed by atoms with Crippen LogP contribution in [0.4, 0.5) is 0 Å². The molecule has 2 aliphatic heterocycles. The van der Waals surface area contributed by atoms with Gasteiger partial charge >= 0.3 is 5.97 Å². The van der Waals surface area contributed by atoms with Crippen LogP contribution in [0.15, 0.2) is 0 Å². The molecule has 120 valence electrons. The van der Waals surface area contributed by atoms with E-state index in [1.54, 1.807) is 6.92 Å². The Morgan fingerprint density at radius 3 is 2.76 bits per heavy atom. The number of carboxylic acids is 1. The largest absolute Gasteiger partial charge is 0.480 e. The number of rotatable bonds is 4. The molecule has 2 atom stereocenters. The van der Waals surface area contributed by atoms with Crippen LogP contribution in [0.1, 0.15) is 13.3 Å². The highest BCUT2D eigenvalue weighted by molar-refractivity contribution is 7.91. The number of carbonyl (C=O) groups is 2. The number of morpholine rings is 1. The molecule has 8 nitrogen and oxygen atoms in total. The van der Waals surface area contributed by atoms with Crippen molar-refractivity contribution in [2.45, 2.75) is 24.9 Å². The first kappa shape index (κ1) is 16.2. The van der Waals surface area contributed by atoms with Crippen molar-refractivity contribution in [3.63, 3.8) is 0 Å². The highest BCUT2D eigenvalue weighted by atomic mass is 32.2. The summed E-state index contributed by atoms with van der Waals surface area (Å²) in [6.45, 7) is 2.41. The van der Waals surface area contributed by atoms with Crippen molar-refractivity contribution in [3.8, 4) is 0 Å². The second-order valence-electron chi connectivity index (χ2n) is 5.85. The predicted molar refractivity (Wildman–Crippen MR) is 73.6 cm³/mol. The monoisotopic (exact) mass is 320 g/mol. The number of hydrogen-bond acceptors (Lipinski definition) is 6. The van der Waals surface area contributed by atoms with Crippen molar-refractivity contribution in [1.29, 1.82) is 0 Å². The Hall–Kier alpha value is -1.19. The standard InChI is InChI=1S/C12H20N2O6S/c1-12(2-5-21(18,19)8-12)13-10(15)6-14-3-4-20-7-9(14)11(16)17/h9H,2-8H2,1H3,(H,13,15)(H,16,17). The number of ether oxygens (including phenoxy) is 1. The lowest BCUT2D eigenvalue weighted by molar-refractivity contribution is -0.150. The van der Waals surface area contributed by atoms with Crippen molar-refractivity contribution in [2.75, 3.05) is 37.8 Å². The zero-order chi connectivity index (χ0) is 15.7. The van der Waals surface area contributed by atoms with Crippen LogP contribution in [-0.4, -0.2) is 79.7 Å². The van der Waals surface area contributed by atoms with Gasteiger partial charge in [-0.2, -0.15) is 0 Å². The van der Waals surface area contributed by atoms with Crippen LogP contribution in [-0.2, 0) is 24.2 Å². The molecule has 0 bridgehead atoms. The van der Waals surface area contributed by atoms with E-state index >= 15 is 0 Å². The molecule has 0 aromatic heterocycles. The summed E-state index contributed by atoms with van der Waals surface area (Å²) < 4.78 is 28.1. The maximum absolute atomic E-state index is 12.1. The van der Waals surface area contributed by atoms with Crippen molar-refractivity contribution < 1.29 is 27.9 Å². The van der Waals surface area contributed by atoms with Crippen LogP contribution in [0.5, 0.6) is 0 Å². The van der Waals surface area contributed by atoms with Crippen molar-refractivity contribution >= 4 is 21.7 Å². The van der Waals surface area contributed by atoms with E-state index in [0.717, 1.165) is 0 Å². The first-order chi connectivity index (χ1) is 9.71. The van der Waals surface area contributed by atoms with E-state index in [9.17, 15) is 18.0 Å². The molecule has 2 saturated heterocycles. The first-order valence-corrected chi connectivity index (χ1v) is 8.59. The number of amides is 1. The molecule has 0 aromatic carbocycles. The molecule has 0 radical (unpaired) electrons. The van der Waals surface area contributed by atoms with Gasteiger partial charge in [-0.25, -0.2) is 8.42 Å². The fourth-order valence-corrected chi connectivity index (χ4v) is 4.82. The maximum atomic E-state index is 12.1. The van der Waals surface area contributed by atoms with Gasteiger partial charge < -0.3 is 15.2 Å². The Balaban J connectivity index is 1.93. The summed E-state index contributed by atoms with van der Waals surface area (Å²) in [5.74, 6) is -1.39. The van der Waals surface area contributed by atoms with Gasteiger partial charge in [0.25, 0.3) is 0 Å². The van der Waals surface area contributed by atoms with Gasteiger partial charge in [-0.05, 0) is 13.3 Å². The SMILES string of the molecule is CC1(NC(=O)CN2CCOCC2C(=O)O)CCS(=O)(=O)C1. The van der Waals surface area contributed by atoms with Gasteiger partial charge in [-0.15, -0.1) is 0 Å². The molecule has 2 rings (SSSR count). The van der Waals surface area contributed by atoms with Gasteiger partial charge in [0.05, 0.1) is 36.8 Å². The molecular formula is C12H20N2O6S. The number of nitrogens with one attached hydrogen (secondary N) is 1. The molecule has 2 N–H and O–H groups in total. The zero-order valence-electron chi connectivity index (χ0n) is 11.9. The first-order valence-electron chi connectivity index (χ1n) is 6.77. The molecule has 0 aliphatic carbocycles. The lowest BCUT2D eigenvalue weighted by atomic mass is 10.0.